The van der Waals surface area contributed by atoms with Crippen LogP contribution in [-0.4, -0.2) is 200 Å². The van der Waals surface area contributed by atoms with Gasteiger partial charge in [-0.25, -0.2) is 28.8 Å². The minimum absolute atomic E-state index is 0.156. The van der Waals surface area contributed by atoms with E-state index in [9.17, 15) is 93.4 Å². The third-order valence-corrected chi connectivity index (χ3v) is 13.5. The first-order valence-electron chi connectivity index (χ1n) is 32.9. The van der Waals surface area contributed by atoms with Gasteiger partial charge in [-0.1, -0.05) is 54.6 Å². The highest BCUT2D eigenvalue weighted by Gasteiger charge is 2.42. The number of carbonyl (C=O) groups excluding carboxylic acids is 3. The minimum atomic E-state index is -5.08. The number of anilines is 3. The normalized spacial score (nSPS) is 11.8. The second kappa shape index (κ2) is 48.9. The molecule has 0 atom stereocenters. The number of nitrogens with one attached hydrogen (secondary N) is 3. The first-order valence-corrected chi connectivity index (χ1v) is 32.9. The summed E-state index contributed by atoms with van der Waals surface area (Å²) in [7, 11) is 0. The molecule has 117 heavy (non-hydrogen) atoms. The zero-order valence-corrected chi connectivity index (χ0v) is 60.2. The van der Waals surface area contributed by atoms with E-state index in [4.69, 9.17) is 122 Å². The van der Waals surface area contributed by atoms with E-state index >= 15 is 0 Å². The molecule has 0 spiro atoms. The molecule has 21 N–H and O–H groups in total. The Hall–Kier alpha value is -12.1. The van der Waals surface area contributed by atoms with Crippen molar-refractivity contribution in [2.75, 3.05) is 94.9 Å². The molecule has 0 unspecified atom stereocenters. The van der Waals surface area contributed by atoms with E-state index in [1.807, 2.05) is 36.4 Å². The van der Waals surface area contributed by atoms with Crippen LogP contribution in [0.5, 0.6) is 34.5 Å². The van der Waals surface area contributed by atoms with Crippen LogP contribution in [0, 0.1) is 0 Å². The molecule has 3 amide bonds. The van der Waals surface area contributed by atoms with Gasteiger partial charge >= 0.3 is 72.9 Å². The van der Waals surface area contributed by atoms with Crippen molar-refractivity contribution in [3.05, 3.63) is 126 Å². The van der Waals surface area contributed by atoms with Crippen molar-refractivity contribution in [1.29, 1.82) is 0 Å². The van der Waals surface area contributed by atoms with Crippen molar-refractivity contribution in [2.45, 2.75) is 75.6 Å². The third kappa shape index (κ3) is 36.9. The number of ether oxygens (including phenoxy) is 6. The number of rotatable bonds is 24. The molecule has 0 aliphatic carbocycles. The molecular weight excluding hydrogens is 1630 g/mol. The Morgan fingerprint density at radius 3 is 0.538 bits per heavy atom. The van der Waals surface area contributed by atoms with Crippen molar-refractivity contribution in [1.82, 2.24) is 0 Å². The molecule has 0 fully saturated rings. The highest BCUT2D eigenvalue weighted by molar-refractivity contribution is 6.13. The number of hydrogen-bond donors (Lipinski definition) is 15. The molecule has 0 radical (unpaired) electrons. The van der Waals surface area contributed by atoms with Gasteiger partial charge < -0.3 is 109 Å². The van der Waals surface area contributed by atoms with E-state index in [0.29, 0.717) is 145 Å². The van der Waals surface area contributed by atoms with Crippen LogP contribution in [0.1, 0.15) is 69.6 Å². The zero-order chi connectivity index (χ0) is 89.4. The largest absolute Gasteiger partial charge is 0.493 e. The van der Waals surface area contributed by atoms with E-state index in [2.05, 4.69) is 16.0 Å². The van der Waals surface area contributed by atoms with Crippen molar-refractivity contribution in [2.24, 2.45) is 34.4 Å². The standard InChI is InChI=1S/C57H69N9O9.6C2HF3O2/c58-19-7-25-70-49-34-43-52(73-28-10-22-61)31-40(49)37-13-1-4-16-46(37)64-55(67)44-35-50(71-26-8-20-59)41(32-53(44)74-29-11-23-62)38-14-3-6-18-48(38)66-57(69)45-36-51(72-27-9-21-60)42(33-54(45)75-30-12-24-63)39-15-2-5-17-47(39)65-56(43)68;6*3-2(4,5)1(6)7/h1-6,13-18,31-36H,7-12,19-30,58-63H2,(H,64,67)(H,65,68)(H,66,69);6*(H,6,7). The fourth-order valence-electron chi connectivity index (χ4n) is 8.20. The maximum atomic E-state index is 14.9. The fourth-order valence-corrected chi connectivity index (χ4v) is 8.20. The maximum Gasteiger partial charge on any atom is 0.490 e. The average Bonchev–Trinajstić information content (AvgIpc) is 0.777. The van der Waals surface area contributed by atoms with E-state index in [-0.39, 0.29) is 73.6 Å². The molecular formula is C69H75F18N9O21. The van der Waals surface area contributed by atoms with Gasteiger partial charge in [0.15, 0.2) is 0 Å². The van der Waals surface area contributed by atoms with Gasteiger partial charge in [0, 0.05) is 50.4 Å². The zero-order valence-electron chi connectivity index (χ0n) is 60.2. The van der Waals surface area contributed by atoms with Crippen LogP contribution in [0.4, 0.5) is 96.1 Å². The highest BCUT2D eigenvalue weighted by atomic mass is 19.4. The molecule has 4 heterocycles. The number of amides is 3. The molecule has 6 aromatic carbocycles. The summed E-state index contributed by atoms with van der Waals surface area (Å²) >= 11 is 0. The lowest BCUT2D eigenvalue weighted by molar-refractivity contribution is -0.193. The monoisotopic (exact) mass is 1710 g/mol. The number of hydrogen-bond acceptors (Lipinski definition) is 21. The Morgan fingerprint density at radius 2 is 0.393 bits per heavy atom. The van der Waals surface area contributed by atoms with Crippen molar-refractivity contribution >= 4 is 70.6 Å². The smallest absolute Gasteiger partial charge is 0.490 e. The fraction of sp³-hybridized carbons (Fsp3) is 0.348. The molecule has 6 bridgehead atoms. The summed E-state index contributed by atoms with van der Waals surface area (Å²) in [6.07, 6.45) is -27.5. The molecule has 648 valence electrons. The van der Waals surface area contributed by atoms with Crippen molar-refractivity contribution in [3.8, 4) is 67.9 Å². The first kappa shape index (κ1) is 103. The summed E-state index contributed by atoms with van der Waals surface area (Å²) in [5.74, 6) is -16.4. The molecule has 6 aromatic rings. The van der Waals surface area contributed by atoms with Gasteiger partial charge in [-0.05, 0) is 132 Å². The SMILES string of the molecule is NCCCOc1cc2c(OCCCN)cc1C(=O)Nc1ccccc1-c1cc(OCCCN)c(cc1OCCCN)C(=O)Nc1ccccc1-c1cc(OCCCN)c(cc1OCCCN)C(=O)Nc1ccccc1-2.O=C(O)C(F)(F)F.O=C(O)C(F)(F)F.O=C(O)C(F)(F)F.O=C(O)C(F)(F)F.O=C(O)C(F)(F)F.O=C(O)C(F)(F)F. The van der Waals surface area contributed by atoms with Crippen LogP contribution in [-0.2, 0) is 28.8 Å². The number of para-hydroxylation sites is 3. The number of fused-ring (bicyclic) bond motifs is 2. The molecule has 48 heteroatoms. The third-order valence-electron chi connectivity index (χ3n) is 13.5. The summed E-state index contributed by atoms with van der Waals surface area (Å²) in [4.78, 5) is 98.2. The number of benzene rings is 6. The number of carboxylic acid groups (broad SMARTS) is 6. The van der Waals surface area contributed by atoms with Crippen LogP contribution in [0.15, 0.2) is 109 Å². The van der Waals surface area contributed by atoms with Crippen LogP contribution < -0.4 is 78.8 Å². The maximum absolute atomic E-state index is 14.9. The van der Waals surface area contributed by atoms with Gasteiger partial charge in [-0.15, -0.1) is 0 Å². The number of carboxylic acids is 6. The number of carbonyl (C=O) groups is 9. The van der Waals surface area contributed by atoms with E-state index in [1.165, 1.54) is 0 Å². The molecule has 4 aliphatic rings. The number of alkyl halides is 18. The highest BCUT2D eigenvalue weighted by Crippen LogP contribution is 2.46. The summed E-state index contributed by atoms with van der Waals surface area (Å²) in [5, 5.41) is 52.1. The Labute approximate surface area is 648 Å². The number of aliphatic carboxylic acids is 6. The van der Waals surface area contributed by atoms with Gasteiger partial charge in [0.25, 0.3) is 17.7 Å². The van der Waals surface area contributed by atoms with Crippen LogP contribution >= 0.6 is 0 Å². The van der Waals surface area contributed by atoms with Crippen LogP contribution in [0.2, 0.25) is 0 Å². The molecule has 0 aromatic heterocycles. The number of halogens is 18. The Bertz CT molecular complexity index is 3770. The first-order chi connectivity index (χ1) is 54.4. The summed E-state index contributed by atoms with van der Waals surface area (Å²) in [6, 6.07) is 31.8. The van der Waals surface area contributed by atoms with Crippen molar-refractivity contribution in [3.63, 3.8) is 0 Å². The quantitative estimate of drug-likeness (QED) is 0.0198. The minimum Gasteiger partial charge on any atom is -0.493 e. The Kier molecular flexibility index (Phi) is 43.0. The van der Waals surface area contributed by atoms with Gasteiger partial charge in [0.1, 0.15) is 34.5 Å². The predicted molar refractivity (Wildman–Crippen MR) is 377 cm³/mol. The van der Waals surface area contributed by atoms with Gasteiger partial charge in [0.05, 0.1) is 56.3 Å². The Balaban J connectivity index is 0.00000132. The topological polar surface area (TPSA) is 523 Å². The average molecular weight is 1710 g/mol. The lowest BCUT2D eigenvalue weighted by Crippen LogP contribution is -2.21. The molecule has 10 rings (SSSR count). The summed E-state index contributed by atoms with van der Waals surface area (Å²) in [5.41, 5.74) is 40.6. The second-order valence-corrected chi connectivity index (χ2v) is 22.3. The number of nitrogens with two attached hydrogens (primary N) is 6. The van der Waals surface area contributed by atoms with Gasteiger partial charge in [-0.3, -0.25) is 14.4 Å². The van der Waals surface area contributed by atoms with Crippen LogP contribution in [0.3, 0.4) is 0 Å². The predicted octanol–water partition coefficient (Wildman–Crippen LogP) is 10.9. The molecule has 0 saturated carbocycles. The van der Waals surface area contributed by atoms with E-state index < -0.39 is 90.6 Å². The molecule has 4 aliphatic heterocycles. The summed E-state index contributed by atoms with van der Waals surface area (Å²) in [6.45, 7) is 3.33. The van der Waals surface area contributed by atoms with Gasteiger partial charge in [-0.2, -0.15) is 79.0 Å². The van der Waals surface area contributed by atoms with Crippen LogP contribution in [0.25, 0.3) is 33.4 Å². The molecule has 0 saturated heterocycles. The van der Waals surface area contributed by atoms with E-state index in [1.54, 1.807) is 72.8 Å². The summed E-state index contributed by atoms with van der Waals surface area (Å²) < 4.78 is 229. The lowest BCUT2D eigenvalue weighted by Gasteiger charge is -2.22. The Morgan fingerprint density at radius 1 is 0.256 bits per heavy atom. The second-order valence-electron chi connectivity index (χ2n) is 22.3. The van der Waals surface area contributed by atoms with Gasteiger partial charge in [0.2, 0.25) is 0 Å². The lowest BCUT2D eigenvalue weighted by atomic mass is 9.97. The molecule has 30 nitrogen and oxygen atoms in total. The van der Waals surface area contributed by atoms with E-state index in [0.717, 1.165) is 0 Å². The van der Waals surface area contributed by atoms with Crippen molar-refractivity contribution < 1.29 is 181 Å².